The van der Waals surface area contributed by atoms with Gasteiger partial charge in [0, 0.05) is 12.8 Å². The highest BCUT2D eigenvalue weighted by atomic mass is 28.3. The van der Waals surface area contributed by atoms with Crippen molar-refractivity contribution < 1.29 is 4.74 Å². The first-order valence-corrected chi connectivity index (χ1v) is 7.97. The molecule has 0 amide bonds. The summed E-state index contributed by atoms with van der Waals surface area (Å²) < 4.78 is 5.46. The summed E-state index contributed by atoms with van der Waals surface area (Å²) in [6, 6.07) is 1.38. The monoisotopic (exact) mass is 174 g/mol. The normalized spacial score (nSPS) is 12.5. The molecule has 0 aliphatic carbocycles. The van der Waals surface area contributed by atoms with E-state index in [9.17, 15) is 0 Å². The molecular weight excluding hydrogens is 152 g/mol. The smallest absolute Gasteiger partial charge is 0.0778 e. The summed E-state index contributed by atoms with van der Waals surface area (Å²) in [6.07, 6.45) is 1.03. The van der Waals surface area contributed by atoms with Gasteiger partial charge in [-0.15, -0.1) is 0 Å². The lowest BCUT2D eigenvalue weighted by molar-refractivity contribution is 0.187. The zero-order valence-electron chi connectivity index (χ0n) is 8.61. The van der Waals surface area contributed by atoms with E-state index >= 15 is 0 Å². The minimum absolute atomic E-state index is 0.831. The number of hydrogen-bond donors (Lipinski definition) is 0. The first-order chi connectivity index (χ1) is 4.98. The summed E-state index contributed by atoms with van der Waals surface area (Å²) in [5.74, 6) is 0.831. The Morgan fingerprint density at radius 1 is 1.27 bits per heavy atom. The quantitative estimate of drug-likeness (QED) is 0.582. The number of hydrogen-bond acceptors (Lipinski definition) is 1. The average molecular weight is 174 g/mol. The van der Waals surface area contributed by atoms with Gasteiger partial charge in [0.15, 0.2) is 0 Å². The summed E-state index contributed by atoms with van der Waals surface area (Å²) in [7, 11) is -1.01. The summed E-state index contributed by atoms with van der Waals surface area (Å²) in [6.45, 7) is 12.3. The second-order valence-electron chi connectivity index (χ2n) is 4.40. The van der Waals surface area contributed by atoms with Gasteiger partial charge in [-0.3, -0.25) is 0 Å². The van der Waals surface area contributed by atoms with Crippen LogP contribution >= 0.6 is 0 Å². The molecule has 0 fully saturated rings. The van der Waals surface area contributed by atoms with Crippen molar-refractivity contribution in [2.24, 2.45) is 5.92 Å². The van der Waals surface area contributed by atoms with Gasteiger partial charge in [-0.05, 0) is 12.8 Å². The Hall–Kier alpha value is 0.177. The van der Waals surface area contributed by atoms with E-state index in [1.54, 1.807) is 0 Å². The highest BCUT2D eigenvalue weighted by molar-refractivity contribution is 6.77. The largest absolute Gasteiger partial charge is 0.385 e. The highest BCUT2D eigenvalue weighted by Crippen LogP contribution is 2.16. The third kappa shape index (κ3) is 6.57. The van der Waals surface area contributed by atoms with Crippen LogP contribution in [0.2, 0.25) is 19.1 Å². The molecule has 0 heterocycles. The Morgan fingerprint density at radius 2 is 1.82 bits per heavy atom. The molecule has 0 radical (unpaired) electrons. The summed E-state index contributed by atoms with van der Waals surface area (Å²) in [4.78, 5) is 0. The minimum Gasteiger partial charge on any atom is -0.385 e. The number of ether oxygens (including phenoxy) is 1. The van der Waals surface area contributed by atoms with Gasteiger partial charge in [-0.1, -0.05) is 33.0 Å². The van der Waals surface area contributed by atoms with Crippen molar-refractivity contribution in [2.75, 3.05) is 12.8 Å². The van der Waals surface area contributed by atoms with Crippen LogP contribution in [0.15, 0.2) is 0 Å². The molecule has 0 atom stereocenters. The molecule has 68 valence electrons. The van der Waals surface area contributed by atoms with Crippen molar-refractivity contribution in [3.63, 3.8) is 0 Å². The molecule has 11 heavy (non-hydrogen) atoms. The van der Waals surface area contributed by atoms with E-state index < -0.39 is 8.07 Å². The first-order valence-electron chi connectivity index (χ1n) is 4.55. The second-order valence-corrected chi connectivity index (χ2v) is 9.42. The van der Waals surface area contributed by atoms with E-state index in [1.165, 1.54) is 6.04 Å². The Morgan fingerprint density at radius 3 is 2.18 bits per heavy atom. The second kappa shape index (κ2) is 4.94. The highest BCUT2D eigenvalue weighted by Gasteiger charge is 2.21. The fraction of sp³-hybridized carbons (Fsp3) is 1.00. The summed E-state index contributed by atoms with van der Waals surface area (Å²) >= 11 is 0. The standard InChI is InChI=1S/C9H22OSi/c1-6-10-8-11(4,5)7-9(2)3/h9H,6-8H2,1-5H3. The van der Waals surface area contributed by atoms with Crippen LogP contribution in [0.3, 0.4) is 0 Å². The fourth-order valence-corrected chi connectivity index (χ4v) is 4.63. The Bertz CT molecular complexity index is 99.7. The van der Waals surface area contributed by atoms with Gasteiger partial charge < -0.3 is 4.74 Å². The van der Waals surface area contributed by atoms with Crippen LogP contribution in [0.5, 0.6) is 0 Å². The van der Waals surface area contributed by atoms with Gasteiger partial charge in [0.05, 0.1) is 8.07 Å². The molecule has 0 aromatic heterocycles. The first kappa shape index (κ1) is 11.2. The van der Waals surface area contributed by atoms with Crippen molar-refractivity contribution >= 4 is 8.07 Å². The maximum absolute atomic E-state index is 5.46. The van der Waals surface area contributed by atoms with Crippen molar-refractivity contribution in [3.8, 4) is 0 Å². The lowest BCUT2D eigenvalue weighted by atomic mass is 10.3. The maximum Gasteiger partial charge on any atom is 0.0778 e. The van der Waals surface area contributed by atoms with Gasteiger partial charge in [0.1, 0.15) is 0 Å². The van der Waals surface area contributed by atoms with Gasteiger partial charge in [-0.2, -0.15) is 0 Å². The van der Waals surface area contributed by atoms with E-state index in [2.05, 4.69) is 33.9 Å². The minimum atomic E-state index is -1.01. The molecule has 0 saturated heterocycles. The van der Waals surface area contributed by atoms with Crippen LogP contribution in [0.1, 0.15) is 20.8 Å². The van der Waals surface area contributed by atoms with Crippen LogP contribution in [0.25, 0.3) is 0 Å². The van der Waals surface area contributed by atoms with Gasteiger partial charge in [0.25, 0.3) is 0 Å². The topological polar surface area (TPSA) is 9.23 Å². The Labute approximate surface area is 72.2 Å². The summed E-state index contributed by atoms with van der Waals surface area (Å²) in [5.41, 5.74) is 0. The van der Waals surface area contributed by atoms with Crippen molar-refractivity contribution in [2.45, 2.75) is 39.9 Å². The predicted molar refractivity (Wildman–Crippen MR) is 53.6 cm³/mol. The molecule has 0 aromatic carbocycles. The van der Waals surface area contributed by atoms with Crippen LogP contribution < -0.4 is 0 Å². The van der Waals surface area contributed by atoms with Crippen molar-refractivity contribution in [1.82, 2.24) is 0 Å². The zero-order chi connectivity index (χ0) is 8.91. The zero-order valence-corrected chi connectivity index (χ0v) is 9.61. The average Bonchev–Trinajstić information content (AvgIpc) is 1.81. The summed E-state index contributed by atoms with van der Waals surface area (Å²) in [5, 5.41) is 0. The third-order valence-electron chi connectivity index (χ3n) is 1.66. The van der Waals surface area contributed by atoms with Crippen LogP contribution in [0.4, 0.5) is 0 Å². The molecule has 0 aliphatic rings. The van der Waals surface area contributed by atoms with Crippen LogP contribution in [-0.2, 0) is 4.74 Å². The Balaban J connectivity index is 3.61. The molecule has 0 aromatic rings. The molecule has 0 bridgehead atoms. The number of rotatable bonds is 5. The Kier molecular flexibility index (Phi) is 5.02. The van der Waals surface area contributed by atoms with Crippen LogP contribution in [0, 0.1) is 5.92 Å². The van der Waals surface area contributed by atoms with Gasteiger partial charge in [-0.25, -0.2) is 0 Å². The lowest BCUT2D eigenvalue weighted by Gasteiger charge is -2.23. The molecule has 0 rings (SSSR count). The lowest BCUT2D eigenvalue weighted by Crippen LogP contribution is -2.34. The molecule has 0 aliphatic heterocycles. The van der Waals surface area contributed by atoms with Crippen molar-refractivity contribution in [1.29, 1.82) is 0 Å². The SMILES string of the molecule is CCOC[Si](C)(C)CC(C)C. The van der Waals surface area contributed by atoms with Gasteiger partial charge in [0.2, 0.25) is 0 Å². The van der Waals surface area contributed by atoms with Crippen molar-refractivity contribution in [3.05, 3.63) is 0 Å². The molecule has 0 saturated carbocycles. The molecular formula is C9H22OSi. The molecule has 0 spiro atoms. The van der Waals surface area contributed by atoms with E-state index in [1.807, 2.05) is 0 Å². The molecule has 2 heteroatoms. The van der Waals surface area contributed by atoms with E-state index in [4.69, 9.17) is 4.74 Å². The van der Waals surface area contributed by atoms with Crippen LogP contribution in [-0.4, -0.2) is 20.9 Å². The fourth-order valence-electron chi connectivity index (χ4n) is 1.54. The van der Waals surface area contributed by atoms with E-state index in [0.29, 0.717) is 0 Å². The molecule has 1 nitrogen and oxygen atoms in total. The predicted octanol–water partition coefficient (Wildman–Crippen LogP) is 2.93. The van der Waals surface area contributed by atoms with Gasteiger partial charge >= 0.3 is 0 Å². The maximum atomic E-state index is 5.46. The molecule has 0 N–H and O–H groups in total. The third-order valence-corrected chi connectivity index (χ3v) is 4.57. The van der Waals surface area contributed by atoms with E-state index in [0.717, 1.165) is 18.8 Å². The van der Waals surface area contributed by atoms with E-state index in [-0.39, 0.29) is 0 Å². The molecule has 0 unspecified atom stereocenters.